The zero-order valence-corrected chi connectivity index (χ0v) is 10.1. The molecule has 0 saturated heterocycles. The van der Waals surface area contributed by atoms with Gasteiger partial charge in [0.15, 0.2) is 5.75 Å². The van der Waals surface area contributed by atoms with Gasteiger partial charge in [-0.2, -0.15) is 5.26 Å². The van der Waals surface area contributed by atoms with Crippen LogP contribution in [0.4, 0.5) is 14.5 Å². The molecule has 0 fully saturated rings. The van der Waals surface area contributed by atoms with Crippen molar-refractivity contribution in [3.05, 3.63) is 53.1 Å². The lowest BCUT2D eigenvalue weighted by Crippen LogP contribution is -1.97. The van der Waals surface area contributed by atoms with Gasteiger partial charge in [0.1, 0.15) is 29.0 Å². The third kappa shape index (κ3) is 2.47. The maximum absolute atomic E-state index is 13.4. The summed E-state index contributed by atoms with van der Waals surface area (Å²) in [4.78, 5) is 0. The second kappa shape index (κ2) is 4.94. The monoisotopic (exact) mass is 260 g/mol. The second-order valence-electron chi connectivity index (χ2n) is 3.97. The van der Waals surface area contributed by atoms with E-state index < -0.39 is 11.6 Å². The van der Waals surface area contributed by atoms with Crippen LogP contribution in [0.15, 0.2) is 30.3 Å². The van der Waals surface area contributed by atoms with E-state index in [-0.39, 0.29) is 22.7 Å². The van der Waals surface area contributed by atoms with Crippen molar-refractivity contribution in [3.63, 3.8) is 0 Å². The van der Waals surface area contributed by atoms with Crippen molar-refractivity contribution < 1.29 is 13.5 Å². The molecule has 0 bridgehead atoms. The van der Waals surface area contributed by atoms with Crippen molar-refractivity contribution in [1.29, 1.82) is 5.26 Å². The van der Waals surface area contributed by atoms with Crippen molar-refractivity contribution in [2.24, 2.45) is 0 Å². The van der Waals surface area contributed by atoms with Crippen LogP contribution in [-0.4, -0.2) is 0 Å². The van der Waals surface area contributed by atoms with Gasteiger partial charge in [0.2, 0.25) is 0 Å². The molecule has 0 radical (unpaired) electrons. The van der Waals surface area contributed by atoms with E-state index in [1.807, 2.05) is 0 Å². The van der Waals surface area contributed by atoms with Crippen LogP contribution >= 0.6 is 0 Å². The molecule has 3 nitrogen and oxygen atoms in total. The van der Waals surface area contributed by atoms with Crippen molar-refractivity contribution in [2.45, 2.75) is 6.92 Å². The molecule has 0 unspecified atom stereocenters. The van der Waals surface area contributed by atoms with Gasteiger partial charge in [-0.05, 0) is 30.7 Å². The summed E-state index contributed by atoms with van der Waals surface area (Å²) < 4.78 is 32.1. The highest BCUT2D eigenvalue weighted by atomic mass is 19.1. The molecule has 0 aliphatic heterocycles. The Kier molecular flexibility index (Phi) is 3.34. The van der Waals surface area contributed by atoms with E-state index in [0.29, 0.717) is 5.56 Å². The van der Waals surface area contributed by atoms with Gasteiger partial charge in [0.05, 0.1) is 5.69 Å². The Bertz CT molecular complexity index is 678. The fraction of sp³-hybridized carbons (Fsp3) is 0.0714. The molecule has 0 aliphatic carbocycles. The fourth-order valence-corrected chi connectivity index (χ4v) is 1.58. The molecule has 0 aliphatic rings. The van der Waals surface area contributed by atoms with Crippen LogP contribution in [0.3, 0.4) is 0 Å². The van der Waals surface area contributed by atoms with Gasteiger partial charge in [-0.3, -0.25) is 0 Å². The number of nitrogen functional groups attached to an aromatic ring is 1. The lowest BCUT2D eigenvalue weighted by Gasteiger charge is -2.11. The minimum atomic E-state index is -0.683. The highest BCUT2D eigenvalue weighted by Crippen LogP contribution is 2.32. The molecule has 0 saturated carbocycles. The minimum Gasteiger partial charge on any atom is -0.454 e. The highest BCUT2D eigenvalue weighted by molar-refractivity contribution is 5.57. The van der Waals surface area contributed by atoms with Crippen LogP contribution in [0.25, 0.3) is 0 Å². The highest BCUT2D eigenvalue weighted by Gasteiger charge is 2.12. The van der Waals surface area contributed by atoms with Gasteiger partial charge in [-0.15, -0.1) is 0 Å². The molecule has 5 heteroatoms. The molecule has 0 aromatic heterocycles. The SMILES string of the molecule is Cc1cc(Oc2cccc(F)c2C#N)c(N)cc1F. The van der Waals surface area contributed by atoms with Crippen molar-refractivity contribution in [3.8, 4) is 17.6 Å². The fourth-order valence-electron chi connectivity index (χ4n) is 1.58. The van der Waals surface area contributed by atoms with Crippen molar-refractivity contribution >= 4 is 5.69 Å². The Balaban J connectivity index is 2.45. The second-order valence-corrected chi connectivity index (χ2v) is 3.97. The quantitative estimate of drug-likeness (QED) is 0.840. The molecule has 19 heavy (non-hydrogen) atoms. The smallest absolute Gasteiger partial charge is 0.150 e. The summed E-state index contributed by atoms with van der Waals surface area (Å²) in [5, 5.41) is 8.88. The Morgan fingerprint density at radius 1 is 1.16 bits per heavy atom. The van der Waals surface area contributed by atoms with E-state index >= 15 is 0 Å². The molecule has 0 atom stereocenters. The number of hydrogen-bond acceptors (Lipinski definition) is 3. The van der Waals surface area contributed by atoms with Crippen LogP contribution in [0.5, 0.6) is 11.5 Å². The molecule has 2 aromatic rings. The number of nitriles is 1. The van der Waals surface area contributed by atoms with Gasteiger partial charge >= 0.3 is 0 Å². The lowest BCUT2D eigenvalue weighted by molar-refractivity contribution is 0.474. The number of rotatable bonds is 2. The number of nitrogens with zero attached hydrogens (tertiary/aromatic N) is 1. The van der Waals surface area contributed by atoms with E-state index in [1.54, 1.807) is 13.0 Å². The first-order valence-electron chi connectivity index (χ1n) is 5.45. The lowest BCUT2D eigenvalue weighted by atomic mass is 10.2. The van der Waals surface area contributed by atoms with Crippen LogP contribution in [0, 0.1) is 29.9 Å². The van der Waals surface area contributed by atoms with E-state index in [9.17, 15) is 8.78 Å². The van der Waals surface area contributed by atoms with Gasteiger partial charge in [-0.1, -0.05) is 6.07 Å². The van der Waals surface area contributed by atoms with Crippen LogP contribution in [0.1, 0.15) is 11.1 Å². The van der Waals surface area contributed by atoms with E-state index in [0.717, 1.165) is 12.1 Å². The summed E-state index contributed by atoms with van der Waals surface area (Å²) in [6.07, 6.45) is 0. The van der Waals surface area contributed by atoms with E-state index in [1.165, 1.54) is 18.2 Å². The Morgan fingerprint density at radius 2 is 1.89 bits per heavy atom. The normalized spacial score (nSPS) is 10.0. The summed E-state index contributed by atoms with van der Waals surface area (Å²) in [7, 11) is 0. The van der Waals surface area contributed by atoms with Crippen LogP contribution in [-0.2, 0) is 0 Å². The summed E-state index contributed by atoms with van der Waals surface area (Å²) in [6, 6.07) is 8.25. The third-order valence-electron chi connectivity index (χ3n) is 2.60. The Labute approximate surface area is 108 Å². The number of ether oxygens (including phenoxy) is 1. The molecular formula is C14H10F2N2O. The van der Waals surface area contributed by atoms with Crippen molar-refractivity contribution in [2.75, 3.05) is 5.73 Å². The minimum absolute atomic E-state index is 0.0419. The molecular weight excluding hydrogens is 250 g/mol. The molecule has 0 spiro atoms. The van der Waals surface area contributed by atoms with Gasteiger partial charge in [0.25, 0.3) is 0 Å². The maximum atomic E-state index is 13.4. The van der Waals surface area contributed by atoms with E-state index in [4.69, 9.17) is 15.7 Å². The summed E-state index contributed by atoms with van der Waals surface area (Å²) in [5.41, 5.74) is 5.83. The first kappa shape index (κ1) is 12.8. The maximum Gasteiger partial charge on any atom is 0.150 e. The number of anilines is 1. The zero-order valence-electron chi connectivity index (χ0n) is 10.1. The number of nitrogens with two attached hydrogens (primary N) is 1. The van der Waals surface area contributed by atoms with Crippen molar-refractivity contribution in [1.82, 2.24) is 0 Å². The predicted octanol–water partition coefficient (Wildman–Crippen LogP) is 3.52. The largest absolute Gasteiger partial charge is 0.454 e. The topological polar surface area (TPSA) is 59.0 Å². The molecule has 2 aromatic carbocycles. The van der Waals surface area contributed by atoms with E-state index in [2.05, 4.69) is 0 Å². The number of hydrogen-bond donors (Lipinski definition) is 1. The molecule has 96 valence electrons. The Hall–Kier alpha value is -2.61. The summed E-state index contributed by atoms with van der Waals surface area (Å²) >= 11 is 0. The molecule has 2 rings (SSSR count). The van der Waals surface area contributed by atoms with Crippen LogP contribution < -0.4 is 10.5 Å². The standard InChI is InChI=1S/C14H10F2N2O/c1-8-5-14(12(18)6-11(8)16)19-13-4-2-3-10(15)9(13)7-17/h2-6H,18H2,1H3. The average Bonchev–Trinajstić information content (AvgIpc) is 2.36. The Morgan fingerprint density at radius 3 is 2.58 bits per heavy atom. The molecule has 0 amide bonds. The third-order valence-corrected chi connectivity index (χ3v) is 2.60. The van der Waals surface area contributed by atoms with Gasteiger partial charge in [-0.25, -0.2) is 8.78 Å². The zero-order chi connectivity index (χ0) is 14.0. The van der Waals surface area contributed by atoms with Gasteiger partial charge in [0, 0.05) is 6.07 Å². The summed E-state index contributed by atoms with van der Waals surface area (Å²) in [5.74, 6) is -0.914. The first-order chi connectivity index (χ1) is 9.02. The summed E-state index contributed by atoms with van der Waals surface area (Å²) in [6.45, 7) is 1.55. The number of aryl methyl sites for hydroxylation is 1. The predicted molar refractivity (Wildman–Crippen MR) is 66.7 cm³/mol. The van der Waals surface area contributed by atoms with Gasteiger partial charge < -0.3 is 10.5 Å². The molecule has 0 heterocycles. The first-order valence-corrected chi connectivity index (χ1v) is 5.45. The molecule has 2 N–H and O–H groups in total. The number of benzene rings is 2. The van der Waals surface area contributed by atoms with Crippen LogP contribution in [0.2, 0.25) is 0 Å². The average molecular weight is 260 g/mol. The number of halogens is 2.